The van der Waals surface area contributed by atoms with Gasteiger partial charge in [-0.2, -0.15) is 17.6 Å². The van der Waals surface area contributed by atoms with Crippen LogP contribution in [0.3, 0.4) is 0 Å². The standard InChI is InChI=1S/C21H16F4N2O/c22-19-10-9-16(13-27-19)15-7-5-14(6-8-15)11-12-26-20(28)17-3-1-2-4-18(17)21(23,24)25/h1-10,13H,11-12H2,(H,26,28). The van der Waals surface area contributed by atoms with E-state index in [0.29, 0.717) is 6.42 Å². The molecular formula is C21H16F4N2O. The molecular weight excluding hydrogens is 372 g/mol. The summed E-state index contributed by atoms with van der Waals surface area (Å²) in [4.78, 5) is 15.7. The minimum absolute atomic E-state index is 0.197. The summed E-state index contributed by atoms with van der Waals surface area (Å²) >= 11 is 0. The van der Waals surface area contributed by atoms with Gasteiger partial charge in [-0.3, -0.25) is 4.79 Å². The molecule has 0 saturated carbocycles. The van der Waals surface area contributed by atoms with E-state index in [9.17, 15) is 22.4 Å². The number of nitrogens with zero attached hydrogens (tertiary/aromatic N) is 1. The molecule has 0 fully saturated rings. The molecule has 0 saturated heterocycles. The van der Waals surface area contributed by atoms with E-state index in [1.807, 2.05) is 24.3 Å². The minimum atomic E-state index is -4.58. The van der Waals surface area contributed by atoms with Gasteiger partial charge in [0.2, 0.25) is 5.95 Å². The fourth-order valence-corrected chi connectivity index (χ4v) is 2.75. The molecule has 1 N–H and O–H groups in total. The number of alkyl halides is 3. The summed E-state index contributed by atoms with van der Waals surface area (Å²) in [5.41, 5.74) is 1.19. The number of halogens is 4. The van der Waals surface area contributed by atoms with Crippen molar-refractivity contribution in [1.82, 2.24) is 10.3 Å². The number of hydrogen-bond acceptors (Lipinski definition) is 2. The molecule has 1 amide bonds. The van der Waals surface area contributed by atoms with E-state index in [1.165, 1.54) is 24.4 Å². The van der Waals surface area contributed by atoms with Crippen molar-refractivity contribution in [3.8, 4) is 11.1 Å². The Kier molecular flexibility index (Phi) is 5.73. The monoisotopic (exact) mass is 388 g/mol. The summed E-state index contributed by atoms with van der Waals surface area (Å²) in [5, 5.41) is 2.52. The molecule has 2 aromatic carbocycles. The van der Waals surface area contributed by atoms with Gasteiger partial charge in [-0.25, -0.2) is 4.98 Å². The van der Waals surface area contributed by atoms with Gasteiger partial charge in [-0.15, -0.1) is 0 Å². The summed E-state index contributed by atoms with van der Waals surface area (Å²) in [6.07, 6.45) is -2.69. The molecule has 0 aliphatic rings. The van der Waals surface area contributed by atoms with Crippen molar-refractivity contribution in [2.45, 2.75) is 12.6 Å². The van der Waals surface area contributed by atoms with Crippen molar-refractivity contribution in [1.29, 1.82) is 0 Å². The lowest BCUT2D eigenvalue weighted by Gasteiger charge is -2.12. The Morgan fingerprint density at radius 2 is 1.61 bits per heavy atom. The van der Waals surface area contributed by atoms with Gasteiger partial charge in [-0.1, -0.05) is 36.4 Å². The molecule has 0 unspecified atom stereocenters. The van der Waals surface area contributed by atoms with Crippen molar-refractivity contribution in [3.63, 3.8) is 0 Å². The van der Waals surface area contributed by atoms with Crippen LogP contribution in [0.2, 0.25) is 0 Å². The largest absolute Gasteiger partial charge is 0.417 e. The van der Waals surface area contributed by atoms with Gasteiger partial charge >= 0.3 is 6.18 Å². The molecule has 0 bridgehead atoms. The summed E-state index contributed by atoms with van der Waals surface area (Å²) in [6.45, 7) is 0.197. The van der Waals surface area contributed by atoms with Crippen molar-refractivity contribution in [2.24, 2.45) is 0 Å². The second kappa shape index (κ2) is 8.21. The lowest BCUT2D eigenvalue weighted by Crippen LogP contribution is -2.28. The zero-order valence-electron chi connectivity index (χ0n) is 14.6. The van der Waals surface area contributed by atoms with Crippen LogP contribution in [-0.2, 0) is 12.6 Å². The van der Waals surface area contributed by atoms with Crippen molar-refractivity contribution in [2.75, 3.05) is 6.54 Å². The van der Waals surface area contributed by atoms with Crippen LogP contribution in [0.4, 0.5) is 17.6 Å². The number of aromatic nitrogens is 1. The molecule has 3 rings (SSSR count). The molecule has 0 radical (unpaired) electrons. The maximum Gasteiger partial charge on any atom is 0.417 e. The van der Waals surface area contributed by atoms with E-state index in [1.54, 1.807) is 6.07 Å². The fraction of sp³-hybridized carbons (Fsp3) is 0.143. The Bertz CT molecular complexity index is 951. The molecule has 0 aliphatic carbocycles. The number of rotatable bonds is 5. The molecule has 0 spiro atoms. The zero-order chi connectivity index (χ0) is 20.1. The van der Waals surface area contributed by atoms with Crippen LogP contribution in [0.25, 0.3) is 11.1 Å². The second-order valence-electron chi connectivity index (χ2n) is 6.12. The predicted molar refractivity (Wildman–Crippen MR) is 97.1 cm³/mol. The molecule has 28 heavy (non-hydrogen) atoms. The lowest BCUT2D eigenvalue weighted by molar-refractivity contribution is -0.137. The van der Waals surface area contributed by atoms with E-state index >= 15 is 0 Å². The Hall–Kier alpha value is -3.22. The van der Waals surface area contributed by atoms with Crippen molar-refractivity contribution >= 4 is 5.91 Å². The molecule has 0 atom stereocenters. The first-order valence-electron chi connectivity index (χ1n) is 8.50. The zero-order valence-corrected chi connectivity index (χ0v) is 14.6. The summed E-state index contributed by atoms with van der Waals surface area (Å²) < 4.78 is 51.8. The molecule has 144 valence electrons. The quantitative estimate of drug-likeness (QED) is 0.500. The van der Waals surface area contributed by atoms with Gasteiger partial charge in [-0.05, 0) is 41.8 Å². The molecule has 0 aliphatic heterocycles. The predicted octanol–water partition coefficient (Wildman–Crippen LogP) is 4.88. The Morgan fingerprint density at radius 3 is 2.25 bits per heavy atom. The number of carbonyl (C=O) groups is 1. The van der Waals surface area contributed by atoms with Crippen molar-refractivity contribution in [3.05, 3.63) is 89.5 Å². The molecule has 3 nitrogen and oxygen atoms in total. The molecule has 1 aromatic heterocycles. The second-order valence-corrected chi connectivity index (χ2v) is 6.12. The first-order chi connectivity index (χ1) is 13.3. The van der Waals surface area contributed by atoms with Gasteiger partial charge in [0.15, 0.2) is 0 Å². The van der Waals surface area contributed by atoms with Crippen LogP contribution >= 0.6 is 0 Å². The third-order valence-electron chi connectivity index (χ3n) is 4.19. The van der Waals surface area contributed by atoms with Crippen LogP contribution in [0.15, 0.2) is 66.9 Å². The van der Waals surface area contributed by atoms with Gasteiger partial charge in [0.25, 0.3) is 5.91 Å². The highest BCUT2D eigenvalue weighted by molar-refractivity contribution is 5.95. The Morgan fingerprint density at radius 1 is 0.929 bits per heavy atom. The highest BCUT2D eigenvalue weighted by Gasteiger charge is 2.34. The van der Waals surface area contributed by atoms with E-state index in [-0.39, 0.29) is 6.54 Å². The van der Waals surface area contributed by atoms with Gasteiger partial charge in [0.05, 0.1) is 11.1 Å². The van der Waals surface area contributed by atoms with Crippen LogP contribution in [0, 0.1) is 5.95 Å². The maximum absolute atomic E-state index is 13.0. The minimum Gasteiger partial charge on any atom is -0.352 e. The van der Waals surface area contributed by atoms with Gasteiger partial charge < -0.3 is 5.32 Å². The number of benzene rings is 2. The smallest absolute Gasteiger partial charge is 0.352 e. The van der Waals surface area contributed by atoms with E-state index < -0.39 is 29.2 Å². The van der Waals surface area contributed by atoms with E-state index in [4.69, 9.17) is 0 Å². The van der Waals surface area contributed by atoms with Crippen molar-refractivity contribution < 1.29 is 22.4 Å². The van der Waals surface area contributed by atoms with Crippen LogP contribution in [-0.4, -0.2) is 17.4 Å². The summed E-state index contributed by atoms with van der Waals surface area (Å²) in [6, 6.07) is 14.9. The summed E-state index contributed by atoms with van der Waals surface area (Å²) in [5.74, 6) is -1.31. The Labute approximate surface area is 159 Å². The fourth-order valence-electron chi connectivity index (χ4n) is 2.75. The average molecular weight is 388 g/mol. The van der Waals surface area contributed by atoms with Gasteiger partial charge in [0.1, 0.15) is 0 Å². The van der Waals surface area contributed by atoms with Crippen LogP contribution in [0.1, 0.15) is 21.5 Å². The van der Waals surface area contributed by atoms with Crippen LogP contribution in [0.5, 0.6) is 0 Å². The number of hydrogen-bond donors (Lipinski definition) is 1. The average Bonchev–Trinajstić information content (AvgIpc) is 2.68. The number of amides is 1. The Balaban J connectivity index is 1.60. The first-order valence-corrected chi connectivity index (χ1v) is 8.50. The number of pyridine rings is 1. The third kappa shape index (κ3) is 4.73. The van der Waals surface area contributed by atoms with E-state index in [2.05, 4.69) is 10.3 Å². The number of carbonyl (C=O) groups excluding carboxylic acids is 1. The molecule has 3 aromatic rings. The maximum atomic E-state index is 13.0. The van der Waals surface area contributed by atoms with Gasteiger partial charge in [0, 0.05) is 18.3 Å². The summed E-state index contributed by atoms with van der Waals surface area (Å²) in [7, 11) is 0. The normalized spacial score (nSPS) is 11.3. The van der Waals surface area contributed by atoms with E-state index in [0.717, 1.165) is 28.8 Å². The van der Waals surface area contributed by atoms with Crippen LogP contribution < -0.4 is 5.32 Å². The molecule has 7 heteroatoms. The highest BCUT2D eigenvalue weighted by Crippen LogP contribution is 2.31. The third-order valence-corrected chi connectivity index (χ3v) is 4.19. The molecule has 1 heterocycles. The first kappa shape index (κ1) is 19.5. The highest BCUT2D eigenvalue weighted by atomic mass is 19.4. The SMILES string of the molecule is O=C(NCCc1ccc(-c2ccc(F)nc2)cc1)c1ccccc1C(F)(F)F. The lowest BCUT2D eigenvalue weighted by atomic mass is 10.0. The topological polar surface area (TPSA) is 42.0 Å². The number of nitrogens with one attached hydrogen (secondary N) is 1.